The molecule has 0 aliphatic heterocycles. The van der Waals surface area contributed by atoms with E-state index in [0.717, 1.165) is 24.1 Å². The van der Waals surface area contributed by atoms with Crippen molar-refractivity contribution in [1.82, 2.24) is 9.97 Å². The first-order chi connectivity index (χ1) is 8.29. The van der Waals surface area contributed by atoms with Gasteiger partial charge in [-0.2, -0.15) is 0 Å². The molecule has 1 aliphatic carbocycles. The zero-order valence-electron chi connectivity index (χ0n) is 10.8. The van der Waals surface area contributed by atoms with Crippen molar-refractivity contribution in [3.8, 4) is 5.88 Å². The first-order valence-corrected chi connectivity index (χ1v) is 6.17. The third-order valence-corrected chi connectivity index (χ3v) is 2.62. The molecular weight excluding hydrogens is 214 g/mol. The third-order valence-electron chi connectivity index (χ3n) is 2.62. The number of nitrogens with two attached hydrogens (primary N) is 1. The number of nitrogens with zero attached hydrogens (tertiary/aromatic N) is 2. The summed E-state index contributed by atoms with van der Waals surface area (Å²) in [4.78, 5) is 8.41. The molecule has 0 amide bonds. The highest BCUT2D eigenvalue weighted by Crippen LogP contribution is 2.23. The molecule has 4 nitrogen and oxygen atoms in total. The van der Waals surface area contributed by atoms with Crippen molar-refractivity contribution in [2.45, 2.75) is 46.1 Å². The van der Waals surface area contributed by atoms with Gasteiger partial charge in [0.15, 0.2) is 0 Å². The van der Waals surface area contributed by atoms with Crippen LogP contribution in [-0.2, 0) is 0 Å². The Morgan fingerprint density at radius 1 is 1.35 bits per heavy atom. The van der Waals surface area contributed by atoms with E-state index in [4.69, 9.17) is 10.5 Å². The lowest BCUT2D eigenvalue weighted by Crippen LogP contribution is -2.25. The van der Waals surface area contributed by atoms with Gasteiger partial charge in [0.2, 0.25) is 5.88 Å². The van der Waals surface area contributed by atoms with E-state index in [9.17, 15) is 0 Å². The lowest BCUT2D eigenvalue weighted by molar-refractivity contribution is 0.114. The van der Waals surface area contributed by atoms with Crippen LogP contribution in [0.25, 0.3) is 5.57 Å². The first-order valence-electron chi connectivity index (χ1n) is 6.17. The monoisotopic (exact) mass is 235 g/mol. The average molecular weight is 235 g/mol. The molecule has 1 aliphatic rings. The molecule has 0 unspecified atom stereocenters. The van der Waals surface area contributed by atoms with Crippen molar-refractivity contribution in [1.29, 1.82) is 0 Å². The van der Waals surface area contributed by atoms with Crippen molar-refractivity contribution in [3.05, 3.63) is 24.3 Å². The topological polar surface area (TPSA) is 61.0 Å². The van der Waals surface area contributed by atoms with Gasteiger partial charge in [0, 0.05) is 0 Å². The number of aromatic nitrogens is 2. The van der Waals surface area contributed by atoms with Gasteiger partial charge in [-0.3, -0.25) is 0 Å². The summed E-state index contributed by atoms with van der Waals surface area (Å²) < 4.78 is 5.59. The van der Waals surface area contributed by atoms with E-state index >= 15 is 0 Å². The van der Waals surface area contributed by atoms with Crippen molar-refractivity contribution in [3.63, 3.8) is 0 Å². The van der Waals surface area contributed by atoms with Gasteiger partial charge in [-0.05, 0) is 38.0 Å². The molecule has 1 aromatic rings. The molecule has 2 rings (SSSR count). The highest BCUT2D eigenvalue weighted by atomic mass is 16.5. The second kappa shape index (κ2) is 6.89. The smallest absolute Gasteiger partial charge is 0.232 e. The number of ether oxygens (including phenoxy) is 1. The summed E-state index contributed by atoms with van der Waals surface area (Å²) in [6.07, 6.45) is 8.72. The molecule has 0 atom stereocenters. The van der Waals surface area contributed by atoms with Crippen LogP contribution in [0.2, 0.25) is 0 Å². The van der Waals surface area contributed by atoms with Crippen LogP contribution < -0.4 is 10.5 Å². The maximum Gasteiger partial charge on any atom is 0.232 e. The molecule has 1 fully saturated rings. The Morgan fingerprint density at radius 3 is 2.47 bits per heavy atom. The molecule has 0 radical (unpaired) electrons. The standard InChI is InChI=1S/C11H15N3O.C2H6/c1-8(5-12)10-6-14-11(7-13-10)15-9-3-2-4-9;1-2/h5-7,9H,2-4,12H2,1H3;1-2H3/b8-5-;. The largest absolute Gasteiger partial charge is 0.473 e. The maximum atomic E-state index is 5.59. The van der Waals surface area contributed by atoms with Crippen LogP contribution in [0.1, 0.15) is 45.7 Å². The third kappa shape index (κ3) is 3.73. The van der Waals surface area contributed by atoms with Crippen molar-refractivity contribution in [2.75, 3.05) is 0 Å². The summed E-state index contributed by atoms with van der Waals surface area (Å²) in [7, 11) is 0. The number of hydrogen-bond donors (Lipinski definition) is 1. The van der Waals surface area contributed by atoms with Gasteiger partial charge in [0.25, 0.3) is 0 Å². The van der Waals surface area contributed by atoms with Crippen LogP contribution in [0.5, 0.6) is 5.88 Å². The highest BCUT2D eigenvalue weighted by Gasteiger charge is 2.19. The molecule has 1 saturated carbocycles. The quantitative estimate of drug-likeness (QED) is 0.875. The first kappa shape index (κ1) is 13.5. The number of rotatable bonds is 3. The van der Waals surface area contributed by atoms with Crippen LogP contribution >= 0.6 is 0 Å². The van der Waals surface area contributed by atoms with Crippen LogP contribution in [0, 0.1) is 0 Å². The molecule has 2 N–H and O–H groups in total. The molecule has 1 aromatic heterocycles. The predicted molar refractivity (Wildman–Crippen MR) is 69.5 cm³/mol. The summed E-state index contributed by atoms with van der Waals surface area (Å²) in [6.45, 7) is 5.90. The molecule has 1 heterocycles. The Labute approximate surface area is 103 Å². The van der Waals surface area contributed by atoms with E-state index in [1.807, 2.05) is 20.8 Å². The van der Waals surface area contributed by atoms with Gasteiger partial charge >= 0.3 is 0 Å². The van der Waals surface area contributed by atoms with E-state index in [0.29, 0.717) is 12.0 Å². The summed E-state index contributed by atoms with van der Waals surface area (Å²) >= 11 is 0. The highest BCUT2D eigenvalue weighted by molar-refractivity contribution is 5.58. The molecule has 4 heteroatoms. The van der Waals surface area contributed by atoms with Gasteiger partial charge in [-0.25, -0.2) is 9.97 Å². The van der Waals surface area contributed by atoms with Gasteiger partial charge in [0.1, 0.15) is 6.10 Å². The van der Waals surface area contributed by atoms with E-state index in [1.54, 1.807) is 12.4 Å². The summed E-state index contributed by atoms with van der Waals surface area (Å²) in [5.74, 6) is 0.605. The molecule has 0 saturated heterocycles. The van der Waals surface area contributed by atoms with Crippen molar-refractivity contribution >= 4 is 5.57 Å². The Hall–Kier alpha value is -1.58. The van der Waals surface area contributed by atoms with Gasteiger partial charge < -0.3 is 10.5 Å². The van der Waals surface area contributed by atoms with E-state index < -0.39 is 0 Å². The minimum absolute atomic E-state index is 0.344. The molecule has 17 heavy (non-hydrogen) atoms. The fourth-order valence-electron chi connectivity index (χ4n) is 1.33. The molecular formula is C13H21N3O. The summed E-state index contributed by atoms with van der Waals surface area (Å²) in [6, 6.07) is 0. The number of allylic oxidation sites excluding steroid dienone is 1. The Kier molecular flexibility index (Phi) is 5.46. The van der Waals surface area contributed by atoms with Gasteiger partial charge in [-0.1, -0.05) is 13.8 Å². The average Bonchev–Trinajstić information content (AvgIpc) is 2.36. The minimum Gasteiger partial charge on any atom is -0.473 e. The van der Waals surface area contributed by atoms with Crippen LogP contribution in [0.15, 0.2) is 18.6 Å². The molecule has 0 spiro atoms. The summed E-state index contributed by atoms with van der Waals surface area (Å²) in [5, 5.41) is 0. The van der Waals surface area contributed by atoms with E-state index in [2.05, 4.69) is 9.97 Å². The Balaban J connectivity index is 0.000000686. The Bertz CT molecular complexity index is 355. The van der Waals surface area contributed by atoms with Crippen LogP contribution in [-0.4, -0.2) is 16.1 Å². The van der Waals surface area contributed by atoms with E-state index in [-0.39, 0.29) is 0 Å². The number of hydrogen-bond acceptors (Lipinski definition) is 4. The second-order valence-corrected chi connectivity index (χ2v) is 3.76. The minimum atomic E-state index is 0.344. The van der Waals surface area contributed by atoms with Gasteiger partial charge in [-0.15, -0.1) is 0 Å². The summed E-state index contributed by atoms with van der Waals surface area (Å²) in [5.41, 5.74) is 7.10. The Morgan fingerprint density at radius 2 is 2.06 bits per heavy atom. The zero-order valence-corrected chi connectivity index (χ0v) is 10.8. The van der Waals surface area contributed by atoms with Crippen LogP contribution in [0.3, 0.4) is 0 Å². The van der Waals surface area contributed by atoms with Crippen LogP contribution in [0.4, 0.5) is 0 Å². The van der Waals surface area contributed by atoms with E-state index in [1.165, 1.54) is 12.6 Å². The normalized spacial score (nSPS) is 15.6. The second-order valence-electron chi connectivity index (χ2n) is 3.76. The molecule has 0 bridgehead atoms. The van der Waals surface area contributed by atoms with Gasteiger partial charge in [0.05, 0.1) is 18.1 Å². The molecule has 0 aromatic carbocycles. The fraction of sp³-hybridized carbons (Fsp3) is 0.538. The molecule has 94 valence electrons. The predicted octanol–water partition coefficient (Wildman–Crippen LogP) is 2.75. The van der Waals surface area contributed by atoms with Crippen molar-refractivity contribution < 1.29 is 4.74 Å². The van der Waals surface area contributed by atoms with Crippen molar-refractivity contribution in [2.24, 2.45) is 5.73 Å². The lowest BCUT2D eigenvalue weighted by atomic mass is 9.96. The fourth-order valence-corrected chi connectivity index (χ4v) is 1.33. The lowest BCUT2D eigenvalue weighted by Gasteiger charge is -2.25. The zero-order chi connectivity index (χ0) is 12.7. The maximum absolute atomic E-state index is 5.59. The SMILES string of the molecule is C/C(=C/N)c1cnc(OC2CCC2)cn1.CC.